The van der Waals surface area contributed by atoms with E-state index in [0.717, 1.165) is 23.5 Å². The highest BCUT2D eigenvalue weighted by Crippen LogP contribution is 2.35. The van der Waals surface area contributed by atoms with Gasteiger partial charge < -0.3 is 10.5 Å². The molecule has 0 saturated carbocycles. The summed E-state index contributed by atoms with van der Waals surface area (Å²) in [6.07, 6.45) is 1.90. The molecule has 0 aliphatic rings. The van der Waals surface area contributed by atoms with Crippen LogP contribution in [0.3, 0.4) is 0 Å². The Morgan fingerprint density at radius 3 is 2.56 bits per heavy atom. The summed E-state index contributed by atoms with van der Waals surface area (Å²) in [5, 5.41) is 3.18. The van der Waals surface area contributed by atoms with E-state index in [1.54, 1.807) is 18.4 Å². The largest absolute Gasteiger partial charge is 0.371 e. The molecule has 0 fully saturated rings. The average molecular weight is 242 g/mol. The molecule has 1 rings (SSSR count). The maximum Gasteiger partial charge on any atom is 0.125 e. The van der Waals surface area contributed by atoms with Gasteiger partial charge in [-0.2, -0.15) is 0 Å². The summed E-state index contributed by atoms with van der Waals surface area (Å²) in [6.45, 7) is 7.02. The number of nitrogens with zero attached hydrogens (tertiary/aromatic N) is 1. The van der Waals surface area contributed by atoms with Crippen LogP contribution in [0.2, 0.25) is 0 Å². The number of rotatable bonds is 6. The molecule has 3 nitrogen and oxygen atoms in total. The van der Waals surface area contributed by atoms with E-state index in [4.69, 9.17) is 10.5 Å². The van der Waals surface area contributed by atoms with Gasteiger partial charge in [0.05, 0.1) is 5.69 Å². The van der Waals surface area contributed by atoms with Crippen LogP contribution in [0.1, 0.15) is 50.2 Å². The number of hydrogen-bond acceptors (Lipinski definition) is 4. The molecule has 2 N–H and O–H groups in total. The lowest BCUT2D eigenvalue weighted by Crippen LogP contribution is -2.26. The van der Waals surface area contributed by atoms with Gasteiger partial charge in [0, 0.05) is 25.0 Å². The van der Waals surface area contributed by atoms with Crippen molar-refractivity contribution < 1.29 is 4.74 Å². The number of thiazole rings is 1. The quantitative estimate of drug-likeness (QED) is 0.834. The van der Waals surface area contributed by atoms with Crippen molar-refractivity contribution in [2.45, 2.75) is 45.1 Å². The first-order valence-corrected chi connectivity index (χ1v) is 6.72. The molecule has 1 unspecified atom stereocenters. The van der Waals surface area contributed by atoms with E-state index in [2.05, 4.69) is 31.1 Å². The van der Waals surface area contributed by atoms with Crippen LogP contribution < -0.4 is 5.73 Å². The Hall–Kier alpha value is -0.450. The van der Waals surface area contributed by atoms with Crippen LogP contribution in [0.5, 0.6) is 0 Å². The molecule has 16 heavy (non-hydrogen) atoms. The fraction of sp³-hybridized carbons (Fsp3) is 0.750. The van der Waals surface area contributed by atoms with Gasteiger partial charge in [-0.15, -0.1) is 11.3 Å². The lowest BCUT2D eigenvalue weighted by molar-refractivity contribution is -0.0220. The normalized spacial score (nSPS) is 14.1. The van der Waals surface area contributed by atoms with Crippen LogP contribution in [0.25, 0.3) is 0 Å². The van der Waals surface area contributed by atoms with Gasteiger partial charge in [0.15, 0.2) is 0 Å². The molecule has 0 radical (unpaired) electrons. The van der Waals surface area contributed by atoms with Crippen molar-refractivity contribution in [1.82, 2.24) is 4.98 Å². The Morgan fingerprint density at radius 1 is 1.50 bits per heavy atom. The van der Waals surface area contributed by atoms with Crippen LogP contribution >= 0.6 is 11.3 Å². The zero-order valence-corrected chi connectivity index (χ0v) is 11.4. The van der Waals surface area contributed by atoms with E-state index in [1.807, 2.05) is 0 Å². The molecule has 4 heteroatoms. The zero-order valence-electron chi connectivity index (χ0n) is 10.6. The van der Waals surface area contributed by atoms with Gasteiger partial charge in [-0.25, -0.2) is 4.98 Å². The van der Waals surface area contributed by atoms with Crippen molar-refractivity contribution in [3.8, 4) is 0 Å². The monoisotopic (exact) mass is 242 g/mol. The minimum Gasteiger partial charge on any atom is -0.371 e. The molecule has 0 saturated heterocycles. The molecule has 0 spiro atoms. The molecular formula is C12H22N2OS. The Morgan fingerprint density at radius 2 is 2.12 bits per heavy atom. The van der Waals surface area contributed by atoms with Gasteiger partial charge >= 0.3 is 0 Å². The van der Waals surface area contributed by atoms with E-state index < -0.39 is 0 Å². The van der Waals surface area contributed by atoms with E-state index in [0.29, 0.717) is 12.5 Å². The second-order valence-electron chi connectivity index (χ2n) is 4.12. The van der Waals surface area contributed by atoms with Gasteiger partial charge in [-0.3, -0.25) is 0 Å². The number of methoxy groups -OCH3 is 1. The number of nitrogens with two attached hydrogens (primary N) is 1. The second kappa shape index (κ2) is 5.75. The lowest BCUT2D eigenvalue weighted by atomic mass is 9.98. The minimum atomic E-state index is -0.211. The van der Waals surface area contributed by atoms with Gasteiger partial charge in [-0.05, 0) is 12.8 Å². The van der Waals surface area contributed by atoms with Crippen LogP contribution in [0, 0.1) is 0 Å². The Bertz CT molecular complexity index is 312. The van der Waals surface area contributed by atoms with Crippen molar-refractivity contribution in [1.29, 1.82) is 0 Å². The summed E-state index contributed by atoms with van der Waals surface area (Å²) in [5.41, 5.74) is 6.53. The summed E-state index contributed by atoms with van der Waals surface area (Å²) in [4.78, 5) is 4.68. The number of aromatic nitrogens is 1. The fourth-order valence-corrected chi connectivity index (χ4v) is 3.03. The van der Waals surface area contributed by atoms with Crippen molar-refractivity contribution in [3.63, 3.8) is 0 Å². The first-order valence-electron chi connectivity index (χ1n) is 5.84. The van der Waals surface area contributed by atoms with E-state index in [9.17, 15) is 0 Å². The number of hydrogen-bond donors (Lipinski definition) is 1. The van der Waals surface area contributed by atoms with Gasteiger partial charge in [0.25, 0.3) is 0 Å². The highest BCUT2D eigenvalue weighted by molar-refractivity contribution is 7.09. The van der Waals surface area contributed by atoms with E-state index >= 15 is 0 Å². The van der Waals surface area contributed by atoms with Crippen LogP contribution in [-0.2, 0) is 10.3 Å². The van der Waals surface area contributed by atoms with E-state index in [-0.39, 0.29) is 5.60 Å². The molecule has 0 aromatic carbocycles. The molecule has 1 aromatic rings. The molecule has 0 aliphatic carbocycles. The van der Waals surface area contributed by atoms with Gasteiger partial charge in [0.2, 0.25) is 0 Å². The Kier molecular flexibility index (Phi) is 4.89. The third-order valence-corrected chi connectivity index (χ3v) is 4.35. The number of ether oxygens (including phenoxy) is 1. The Labute approximate surface area is 102 Å². The summed E-state index contributed by atoms with van der Waals surface area (Å²) in [7, 11) is 1.76. The van der Waals surface area contributed by atoms with Crippen molar-refractivity contribution in [2.24, 2.45) is 5.73 Å². The van der Waals surface area contributed by atoms with E-state index in [1.165, 1.54) is 0 Å². The van der Waals surface area contributed by atoms with Crippen molar-refractivity contribution in [2.75, 3.05) is 13.7 Å². The zero-order chi connectivity index (χ0) is 12.2. The highest BCUT2D eigenvalue weighted by Gasteiger charge is 2.31. The van der Waals surface area contributed by atoms with Crippen LogP contribution in [0.4, 0.5) is 0 Å². The minimum absolute atomic E-state index is 0.211. The average Bonchev–Trinajstić information content (AvgIpc) is 2.81. The van der Waals surface area contributed by atoms with Gasteiger partial charge in [0.1, 0.15) is 10.6 Å². The standard InChI is InChI=1S/C12H22N2OS/c1-5-12(6-2,15-4)11-14-10(8-16-11)9(3)7-13/h8-9H,5-7,13H2,1-4H3. The first-order chi connectivity index (χ1) is 7.63. The third-order valence-electron chi connectivity index (χ3n) is 3.30. The lowest BCUT2D eigenvalue weighted by Gasteiger charge is -2.27. The predicted octanol–water partition coefficient (Wildman–Crippen LogP) is 2.87. The molecule has 92 valence electrons. The third kappa shape index (κ3) is 2.44. The fourth-order valence-electron chi connectivity index (χ4n) is 1.77. The molecule has 1 atom stereocenters. The van der Waals surface area contributed by atoms with Crippen LogP contribution in [-0.4, -0.2) is 18.6 Å². The SMILES string of the molecule is CCC(CC)(OC)c1nc(C(C)CN)cs1. The smallest absolute Gasteiger partial charge is 0.125 e. The molecule has 1 aromatic heterocycles. The summed E-state index contributed by atoms with van der Waals surface area (Å²) >= 11 is 1.68. The van der Waals surface area contributed by atoms with Crippen LogP contribution in [0.15, 0.2) is 5.38 Å². The molecule has 1 heterocycles. The first kappa shape index (κ1) is 13.6. The van der Waals surface area contributed by atoms with Gasteiger partial charge in [-0.1, -0.05) is 20.8 Å². The van der Waals surface area contributed by atoms with Crippen molar-refractivity contribution in [3.05, 3.63) is 16.1 Å². The molecular weight excluding hydrogens is 220 g/mol. The Balaban J connectivity index is 2.99. The second-order valence-corrected chi connectivity index (χ2v) is 4.98. The molecule has 0 bridgehead atoms. The molecule has 0 aliphatic heterocycles. The summed E-state index contributed by atoms with van der Waals surface area (Å²) in [5.74, 6) is 0.327. The highest BCUT2D eigenvalue weighted by atomic mass is 32.1. The maximum atomic E-state index is 5.67. The topological polar surface area (TPSA) is 48.1 Å². The summed E-state index contributed by atoms with van der Waals surface area (Å²) < 4.78 is 5.67. The summed E-state index contributed by atoms with van der Waals surface area (Å²) in [6, 6.07) is 0. The molecule has 0 amide bonds. The predicted molar refractivity (Wildman–Crippen MR) is 68.9 cm³/mol. The van der Waals surface area contributed by atoms with Crippen molar-refractivity contribution >= 4 is 11.3 Å². The maximum absolute atomic E-state index is 5.67.